The van der Waals surface area contributed by atoms with Crippen LogP contribution in [0.1, 0.15) is 46.0 Å². The van der Waals surface area contributed by atoms with Crippen molar-refractivity contribution in [2.75, 3.05) is 32.8 Å². The van der Waals surface area contributed by atoms with Crippen molar-refractivity contribution in [3.8, 4) is 21.8 Å². The van der Waals surface area contributed by atoms with Crippen LogP contribution < -0.4 is 0 Å². The number of sulfonamides is 2. The number of thiophene rings is 1. The zero-order chi connectivity index (χ0) is 37.0. The quantitative estimate of drug-likeness (QED) is 0.171. The van der Waals surface area contributed by atoms with Crippen LogP contribution in [0.5, 0.6) is 0 Å². The predicted octanol–water partition coefficient (Wildman–Crippen LogP) is 7.28. The van der Waals surface area contributed by atoms with E-state index in [9.17, 15) is 21.6 Å². The fourth-order valence-electron chi connectivity index (χ4n) is 8.99. The number of rotatable bonds is 8. The van der Waals surface area contributed by atoms with E-state index in [0.717, 1.165) is 34.6 Å². The Labute approximate surface area is 314 Å². The second-order valence-electron chi connectivity index (χ2n) is 14.8. The largest absolute Gasteiger partial charge is 0.521 e. The minimum Gasteiger partial charge on any atom is -0.415 e. The molecule has 11 nitrogen and oxygen atoms in total. The van der Waals surface area contributed by atoms with Crippen LogP contribution in [0.25, 0.3) is 21.8 Å². The zero-order valence-corrected chi connectivity index (χ0v) is 32.2. The summed E-state index contributed by atoms with van der Waals surface area (Å²) in [6, 6.07) is 21.2. The Hall–Kier alpha value is -3.92. The maximum Gasteiger partial charge on any atom is 0.521 e. The number of allylic oxidation sites excluding steroid dienone is 2. The molecule has 0 bridgehead atoms. The summed E-state index contributed by atoms with van der Waals surface area (Å²) >= 11 is 1.15. The van der Waals surface area contributed by atoms with Gasteiger partial charge in [-0.05, 0) is 30.2 Å². The van der Waals surface area contributed by atoms with Gasteiger partial charge in [-0.2, -0.15) is 17.9 Å². The number of cyclic esters (lactones) is 1. The van der Waals surface area contributed by atoms with Gasteiger partial charge in [0.05, 0.1) is 16.0 Å². The molecule has 0 radical (unpaired) electrons. The molecule has 0 spiro atoms. The van der Waals surface area contributed by atoms with E-state index in [1.807, 2.05) is 42.5 Å². The molecule has 14 heteroatoms. The lowest BCUT2D eigenvalue weighted by Crippen LogP contribution is -2.71. The first-order valence-electron chi connectivity index (χ1n) is 18.1. The van der Waals surface area contributed by atoms with Gasteiger partial charge < -0.3 is 9.26 Å². The smallest absolute Gasteiger partial charge is 0.415 e. The average molecular weight is 776 g/mol. The lowest BCUT2D eigenvalue weighted by atomic mass is 9.75. The van der Waals surface area contributed by atoms with Gasteiger partial charge in [0.1, 0.15) is 28.6 Å². The standard InChI is InChI=1S/C39H43N4O7S3/c1-39(2)21-8-11-29-27-49-38(44)43(37(29)39,31-19-25-42(26-20-31)53(47,48)36-15-14-34(51-36)33-16-22-40-50-33)30-17-23-41(24-18-30)52(45,46)35-13-7-6-12-32(35)28-9-4-3-5-10-28/h3-16,22,30-31H,17-21,23-27H2,1-2H3/q+1. The van der Waals surface area contributed by atoms with Gasteiger partial charge in [0.2, 0.25) is 10.0 Å². The van der Waals surface area contributed by atoms with Gasteiger partial charge in [-0.25, -0.2) is 16.8 Å². The van der Waals surface area contributed by atoms with E-state index in [0.29, 0.717) is 41.9 Å². The average Bonchev–Trinajstić information content (AvgIpc) is 3.90. The summed E-state index contributed by atoms with van der Waals surface area (Å²) in [6.07, 6.45) is 7.98. The molecule has 1 atom stereocenters. The second kappa shape index (κ2) is 13.7. The van der Waals surface area contributed by atoms with Gasteiger partial charge in [0.15, 0.2) is 5.76 Å². The molecule has 8 rings (SSSR count). The highest BCUT2D eigenvalue weighted by Crippen LogP contribution is 2.52. The van der Waals surface area contributed by atoms with E-state index in [4.69, 9.17) is 9.26 Å². The van der Waals surface area contributed by atoms with Crippen molar-refractivity contribution in [2.24, 2.45) is 5.41 Å². The Morgan fingerprint density at radius 3 is 2.11 bits per heavy atom. The van der Waals surface area contributed by atoms with Crippen LogP contribution in [0.3, 0.4) is 0 Å². The van der Waals surface area contributed by atoms with Crippen molar-refractivity contribution in [1.82, 2.24) is 13.8 Å². The first-order valence-corrected chi connectivity index (χ1v) is 21.8. The van der Waals surface area contributed by atoms with E-state index < -0.39 is 20.0 Å². The van der Waals surface area contributed by atoms with Crippen LogP contribution >= 0.6 is 11.3 Å². The van der Waals surface area contributed by atoms with Crippen LogP contribution in [0, 0.1) is 5.41 Å². The molecule has 0 N–H and O–H groups in total. The van der Waals surface area contributed by atoms with Gasteiger partial charge in [-0.3, -0.25) is 0 Å². The highest BCUT2D eigenvalue weighted by molar-refractivity contribution is 7.91. The number of nitrogens with zero attached hydrogens (tertiary/aromatic N) is 4. The van der Waals surface area contributed by atoms with Gasteiger partial charge in [0, 0.05) is 74.5 Å². The van der Waals surface area contributed by atoms with E-state index in [2.05, 4.69) is 31.2 Å². The van der Waals surface area contributed by atoms with Gasteiger partial charge in [-0.1, -0.05) is 79.7 Å². The molecule has 2 saturated heterocycles. The lowest BCUT2D eigenvalue weighted by Gasteiger charge is -2.55. The number of hydrogen-bond donors (Lipinski definition) is 0. The Balaban J connectivity index is 1.09. The number of aromatic nitrogens is 1. The van der Waals surface area contributed by atoms with E-state index >= 15 is 0 Å². The summed E-state index contributed by atoms with van der Waals surface area (Å²) in [7, 11) is -7.65. The Morgan fingerprint density at radius 1 is 0.811 bits per heavy atom. The topological polar surface area (TPSA) is 127 Å². The minimum atomic E-state index is -3.86. The number of carbonyl (C=O) groups excluding carboxylic acids is 1. The summed E-state index contributed by atoms with van der Waals surface area (Å²) in [5, 5.41) is 3.74. The molecule has 5 heterocycles. The Morgan fingerprint density at radius 2 is 1.45 bits per heavy atom. The van der Waals surface area contributed by atoms with Crippen molar-refractivity contribution >= 4 is 37.5 Å². The molecule has 1 unspecified atom stereocenters. The molecule has 2 aromatic heterocycles. The monoisotopic (exact) mass is 775 g/mol. The molecule has 278 valence electrons. The maximum absolute atomic E-state index is 14.6. The van der Waals surface area contributed by atoms with E-state index in [-0.39, 0.29) is 70.0 Å². The highest BCUT2D eigenvalue weighted by Gasteiger charge is 2.62. The van der Waals surface area contributed by atoms with Crippen LogP contribution in [-0.4, -0.2) is 86.0 Å². The predicted molar refractivity (Wildman–Crippen MR) is 201 cm³/mol. The van der Waals surface area contributed by atoms with Gasteiger partial charge in [0.25, 0.3) is 10.0 Å². The number of ether oxygens (including phenoxy) is 1. The normalized spacial score (nSPS) is 23.5. The number of amides is 1. The third kappa shape index (κ3) is 6.13. The number of piperidine rings is 2. The molecule has 2 aromatic carbocycles. The van der Waals surface area contributed by atoms with E-state index in [1.54, 1.807) is 34.6 Å². The summed E-state index contributed by atoms with van der Waals surface area (Å²) in [6.45, 7) is 5.52. The molecule has 0 saturated carbocycles. The third-order valence-electron chi connectivity index (χ3n) is 11.4. The van der Waals surface area contributed by atoms with Crippen molar-refractivity contribution in [1.29, 1.82) is 0 Å². The highest BCUT2D eigenvalue weighted by atomic mass is 32.2. The SMILES string of the molecule is CC1(C)CC=CC2=C1[N+](C1CCN(S(=O)(=O)c3ccc(-c4ccno4)s3)CC1)(C1CCN(S(=O)(=O)c3ccccc3-c3ccccc3)CC1)C(=O)OC2. The van der Waals surface area contributed by atoms with Crippen LogP contribution in [0.15, 0.2) is 116 Å². The maximum atomic E-state index is 14.6. The van der Waals surface area contributed by atoms with E-state index in [1.165, 1.54) is 10.5 Å². The number of carbonyl (C=O) groups is 1. The molecule has 53 heavy (non-hydrogen) atoms. The molecular weight excluding hydrogens is 733 g/mol. The third-order valence-corrected chi connectivity index (χ3v) is 16.8. The molecule has 1 amide bonds. The van der Waals surface area contributed by atoms with Crippen molar-refractivity contribution < 1.29 is 35.4 Å². The molecule has 2 fully saturated rings. The minimum absolute atomic E-state index is 0.0102. The van der Waals surface area contributed by atoms with Crippen LogP contribution in [-0.2, 0) is 24.8 Å². The summed E-state index contributed by atoms with van der Waals surface area (Å²) < 4.78 is 71.0. The Bertz CT molecular complexity index is 2280. The molecular formula is C39H43N4O7S3+. The lowest BCUT2D eigenvalue weighted by molar-refractivity contribution is -0.882. The second-order valence-corrected chi connectivity index (χ2v) is 20.0. The Kier molecular flexibility index (Phi) is 9.35. The first kappa shape index (κ1) is 36.1. The fraction of sp³-hybridized carbons (Fsp3) is 0.385. The van der Waals surface area contributed by atoms with Gasteiger partial charge >= 0.3 is 6.09 Å². The number of benzene rings is 2. The summed E-state index contributed by atoms with van der Waals surface area (Å²) in [4.78, 5) is 15.5. The van der Waals surface area contributed by atoms with Crippen LogP contribution in [0.2, 0.25) is 0 Å². The molecule has 3 aliphatic heterocycles. The molecule has 1 aliphatic carbocycles. The number of quaternary nitrogens is 1. The van der Waals surface area contributed by atoms with Crippen LogP contribution in [0.4, 0.5) is 4.79 Å². The molecule has 4 aromatic rings. The van der Waals surface area contributed by atoms with Gasteiger partial charge in [-0.15, -0.1) is 11.3 Å². The molecule has 4 aliphatic rings. The van der Waals surface area contributed by atoms with Crippen molar-refractivity contribution in [3.63, 3.8) is 0 Å². The fourth-order valence-corrected chi connectivity index (χ4v) is 13.6. The number of hydrogen-bond acceptors (Lipinski definition) is 9. The summed E-state index contributed by atoms with van der Waals surface area (Å²) in [5.41, 5.74) is 3.14. The van der Waals surface area contributed by atoms with Crippen molar-refractivity contribution in [3.05, 3.63) is 102 Å². The first-order chi connectivity index (χ1) is 25.4. The zero-order valence-electron chi connectivity index (χ0n) is 29.8. The van der Waals surface area contributed by atoms with Crippen molar-refractivity contribution in [2.45, 2.75) is 67.1 Å². The summed E-state index contributed by atoms with van der Waals surface area (Å²) in [5.74, 6) is 0.512.